The van der Waals surface area contributed by atoms with Crippen LogP contribution in [-0.2, 0) is 4.57 Å². The molecule has 0 aromatic heterocycles. The van der Waals surface area contributed by atoms with Gasteiger partial charge in [-0.1, -0.05) is 97.1 Å². The third-order valence-electron chi connectivity index (χ3n) is 5.26. The van der Waals surface area contributed by atoms with Crippen molar-refractivity contribution in [3.8, 4) is 0 Å². The molecule has 160 valence electrons. The molecule has 0 spiro atoms. The van der Waals surface area contributed by atoms with E-state index in [0.717, 1.165) is 18.4 Å². The largest absolute Gasteiger partial charge is 0.329 e. The van der Waals surface area contributed by atoms with Gasteiger partial charge >= 0.3 is 0 Å². The van der Waals surface area contributed by atoms with Crippen LogP contribution in [-0.4, -0.2) is 29.9 Å². The first-order valence-electron chi connectivity index (χ1n) is 11.1. The molecule has 0 bridgehead atoms. The molecule has 3 nitrogen and oxygen atoms in total. The highest BCUT2D eigenvalue weighted by molar-refractivity contribution is 7.79. The van der Waals surface area contributed by atoms with Crippen LogP contribution in [0.4, 0.5) is 4.79 Å². The summed E-state index contributed by atoms with van der Waals surface area (Å²) in [5.74, 6) is 0.599. The summed E-state index contributed by atoms with van der Waals surface area (Å²) in [4.78, 5) is 15.4. The van der Waals surface area contributed by atoms with Crippen LogP contribution in [0.3, 0.4) is 0 Å². The molecule has 1 aromatic rings. The van der Waals surface area contributed by atoms with E-state index in [1.807, 2.05) is 23.1 Å². The van der Waals surface area contributed by atoms with Crippen molar-refractivity contribution in [3.63, 3.8) is 0 Å². The maximum Gasteiger partial charge on any atom is 0.281 e. The molecule has 2 unspecified atom stereocenters. The van der Waals surface area contributed by atoms with E-state index in [0.29, 0.717) is 18.6 Å². The first kappa shape index (κ1) is 25.0. The molecule has 0 fully saturated rings. The molecule has 0 saturated carbocycles. The van der Waals surface area contributed by atoms with Crippen molar-refractivity contribution < 1.29 is 9.36 Å². The van der Waals surface area contributed by atoms with E-state index < -0.39 is 7.14 Å². The Bertz CT molecular complexity index is 612. The van der Waals surface area contributed by atoms with Crippen molar-refractivity contribution in [2.24, 2.45) is 11.8 Å². The van der Waals surface area contributed by atoms with Gasteiger partial charge in [0.05, 0.1) is 6.04 Å². The molecule has 0 saturated heterocycles. The maximum absolute atomic E-state index is 13.4. The molecule has 0 N–H and O–H groups in total. The van der Waals surface area contributed by atoms with Crippen LogP contribution in [0.25, 0.3) is 0 Å². The molecule has 0 radical (unpaired) electrons. The summed E-state index contributed by atoms with van der Waals surface area (Å²) < 4.78 is 13.4. The Hall–Kier alpha value is -1.08. The molecule has 0 aliphatic heterocycles. The summed E-state index contributed by atoms with van der Waals surface area (Å²) in [7, 11) is -2.88. The van der Waals surface area contributed by atoms with E-state index in [9.17, 15) is 9.36 Å². The van der Waals surface area contributed by atoms with Crippen molar-refractivity contribution >= 4 is 12.8 Å². The molecule has 1 amide bonds. The summed E-state index contributed by atoms with van der Waals surface area (Å²) in [5.41, 5.74) is 1.00. The average molecular weight is 408 g/mol. The van der Waals surface area contributed by atoms with E-state index in [-0.39, 0.29) is 17.6 Å². The van der Waals surface area contributed by atoms with Gasteiger partial charge in [0.15, 0.2) is 7.14 Å². The molecule has 1 aromatic carbocycles. The lowest BCUT2D eigenvalue weighted by Gasteiger charge is -2.37. The van der Waals surface area contributed by atoms with Gasteiger partial charge in [-0.15, -0.1) is 0 Å². The molecular weight excluding hydrogens is 365 g/mol. The van der Waals surface area contributed by atoms with Gasteiger partial charge in [0, 0.05) is 12.7 Å². The zero-order valence-corrected chi connectivity index (χ0v) is 19.9. The van der Waals surface area contributed by atoms with E-state index in [2.05, 4.69) is 46.8 Å². The number of unbranched alkanes of at least 4 members (excludes halogenated alkanes) is 5. The van der Waals surface area contributed by atoms with Gasteiger partial charge in [-0.2, -0.15) is 0 Å². The molecule has 28 heavy (non-hydrogen) atoms. The van der Waals surface area contributed by atoms with Crippen LogP contribution >= 0.6 is 7.14 Å². The van der Waals surface area contributed by atoms with Gasteiger partial charge in [-0.25, -0.2) is 0 Å². The Labute approximate surface area is 173 Å². The molecule has 1 rings (SSSR count). The lowest BCUT2D eigenvalue weighted by atomic mass is 9.94. The highest BCUT2D eigenvalue weighted by Crippen LogP contribution is 2.48. The fourth-order valence-corrected chi connectivity index (χ4v) is 5.61. The van der Waals surface area contributed by atoms with Gasteiger partial charge in [-0.05, 0) is 30.5 Å². The number of carbonyl (C=O) groups is 1. The van der Waals surface area contributed by atoms with Crippen LogP contribution in [0.5, 0.6) is 0 Å². The zero-order valence-electron chi connectivity index (χ0n) is 19.0. The van der Waals surface area contributed by atoms with Gasteiger partial charge < -0.3 is 9.46 Å². The average Bonchev–Trinajstić information content (AvgIpc) is 2.63. The number of carbonyl (C=O) groups excluding carboxylic acids is 1. The Morgan fingerprint density at radius 3 is 2.07 bits per heavy atom. The van der Waals surface area contributed by atoms with Crippen molar-refractivity contribution in [2.75, 3.05) is 19.4 Å². The Morgan fingerprint density at radius 2 is 1.54 bits per heavy atom. The van der Waals surface area contributed by atoms with Crippen LogP contribution in [0.1, 0.15) is 84.7 Å². The van der Waals surface area contributed by atoms with Crippen LogP contribution in [0, 0.1) is 11.8 Å². The minimum absolute atomic E-state index is 0.0334. The topological polar surface area (TPSA) is 37.4 Å². The number of rotatable bonds is 13. The number of benzene rings is 1. The molecule has 2 atom stereocenters. The molecular formula is C24H42NO2P. The summed E-state index contributed by atoms with van der Waals surface area (Å²) in [6, 6.07) is 10.2. The number of nitrogens with zero attached hydrogens (tertiary/aromatic N) is 1. The van der Waals surface area contributed by atoms with Gasteiger partial charge in [0.1, 0.15) is 0 Å². The lowest BCUT2D eigenvalue weighted by molar-refractivity contribution is 0.164. The summed E-state index contributed by atoms with van der Waals surface area (Å²) >= 11 is 0. The highest BCUT2D eigenvalue weighted by Gasteiger charge is 2.36. The standard InChI is InChI=1S/C24H42NO2P/c1-7-8-9-10-11-15-18-28(6,27)24(26)25(19-20(2)3)23(21(4)5)22-16-13-12-14-17-22/h12-14,16-17,20-21,23H,7-11,15,18-19H2,1-6H3. The van der Waals surface area contributed by atoms with Crippen LogP contribution in [0.15, 0.2) is 30.3 Å². The summed E-state index contributed by atoms with van der Waals surface area (Å²) in [6.07, 6.45) is 7.39. The van der Waals surface area contributed by atoms with E-state index in [1.54, 1.807) is 6.66 Å². The minimum atomic E-state index is -2.88. The first-order chi connectivity index (χ1) is 13.2. The van der Waals surface area contributed by atoms with Gasteiger partial charge in [0.2, 0.25) is 0 Å². The Kier molecular flexibility index (Phi) is 11.1. The van der Waals surface area contributed by atoms with Crippen LogP contribution in [0.2, 0.25) is 0 Å². The van der Waals surface area contributed by atoms with E-state index >= 15 is 0 Å². The normalized spacial score (nSPS) is 14.9. The van der Waals surface area contributed by atoms with E-state index in [4.69, 9.17) is 0 Å². The summed E-state index contributed by atoms with van der Waals surface area (Å²) in [6.45, 7) is 13.1. The third-order valence-corrected chi connectivity index (χ3v) is 7.49. The molecule has 4 heteroatoms. The van der Waals surface area contributed by atoms with E-state index in [1.165, 1.54) is 25.7 Å². The Balaban J connectivity index is 2.94. The minimum Gasteiger partial charge on any atom is -0.329 e. The van der Waals surface area contributed by atoms with Crippen molar-refractivity contribution in [2.45, 2.75) is 79.2 Å². The quantitative estimate of drug-likeness (QED) is 0.247. The van der Waals surface area contributed by atoms with Crippen molar-refractivity contribution in [1.82, 2.24) is 4.90 Å². The van der Waals surface area contributed by atoms with Crippen molar-refractivity contribution in [3.05, 3.63) is 35.9 Å². The molecule has 0 aliphatic rings. The first-order valence-corrected chi connectivity index (χ1v) is 13.5. The van der Waals surface area contributed by atoms with Crippen LogP contribution < -0.4 is 0 Å². The SMILES string of the molecule is CCCCCCCCP(C)(=O)C(=O)N(CC(C)C)C(c1ccccc1)C(C)C. The third kappa shape index (κ3) is 8.11. The predicted octanol–water partition coefficient (Wildman–Crippen LogP) is 7.82. The zero-order chi connectivity index (χ0) is 21.2. The lowest BCUT2D eigenvalue weighted by Crippen LogP contribution is -2.39. The number of hydrogen-bond donors (Lipinski definition) is 0. The second kappa shape index (κ2) is 12.5. The van der Waals surface area contributed by atoms with Crippen molar-refractivity contribution in [1.29, 1.82) is 0 Å². The second-order valence-corrected chi connectivity index (χ2v) is 12.1. The highest BCUT2D eigenvalue weighted by atomic mass is 31.2. The summed E-state index contributed by atoms with van der Waals surface area (Å²) in [5, 5.41) is 0. The second-order valence-electron chi connectivity index (χ2n) is 9.02. The molecule has 0 heterocycles. The smallest absolute Gasteiger partial charge is 0.281 e. The van der Waals surface area contributed by atoms with Gasteiger partial charge in [-0.3, -0.25) is 4.79 Å². The monoisotopic (exact) mass is 407 g/mol. The fourth-order valence-electron chi connectivity index (χ4n) is 3.84. The predicted molar refractivity (Wildman–Crippen MR) is 123 cm³/mol. The Morgan fingerprint density at radius 1 is 0.964 bits per heavy atom. The number of hydrogen-bond acceptors (Lipinski definition) is 2. The molecule has 0 aliphatic carbocycles. The maximum atomic E-state index is 13.4. The van der Waals surface area contributed by atoms with Gasteiger partial charge in [0.25, 0.3) is 5.65 Å². The number of amides is 1. The fraction of sp³-hybridized carbons (Fsp3) is 0.708.